The summed E-state index contributed by atoms with van der Waals surface area (Å²) in [6.45, 7) is 2.76. The Kier molecular flexibility index (Phi) is 3.13. The maximum Gasteiger partial charge on any atom is 0.154 e. The lowest BCUT2D eigenvalue weighted by Crippen LogP contribution is -2.20. The van der Waals surface area contributed by atoms with E-state index in [2.05, 4.69) is 60.0 Å². The maximum absolute atomic E-state index is 5.89. The third-order valence-electron chi connectivity index (χ3n) is 3.45. The number of ether oxygens (including phenoxy) is 1. The number of benzene rings is 2. The largest absolute Gasteiger partial charge is 0.388 e. The predicted molar refractivity (Wildman–Crippen MR) is 78.3 cm³/mol. The van der Waals surface area contributed by atoms with E-state index < -0.39 is 0 Å². The molecule has 0 aliphatic carbocycles. The predicted octanol–water partition coefficient (Wildman–Crippen LogP) is 3.68. The summed E-state index contributed by atoms with van der Waals surface area (Å²) in [6.07, 6.45) is -0.0684. The second kappa shape index (κ2) is 4.94. The number of hydrogen-bond donors (Lipinski definition) is 2. The average Bonchev–Trinajstić information content (AvgIpc) is 2.47. The molecule has 2 aromatic rings. The van der Waals surface area contributed by atoms with E-state index in [1.54, 1.807) is 0 Å². The fourth-order valence-corrected chi connectivity index (χ4v) is 2.34. The van der Waals surface area contributed by atoms with E-state index in [0.717, 1.165) is 11.3 Å². The lowest BCUT2D eigenvalue weighted by molar-refractivity contribution is 0.0507. The van der Waals surface area contributed by atoms with Gasteiger partial charge in [0.15, 0.2) is 6.23 Å². The summed E-state index contributed by atoms with van der Waals surface area (Å²) in [5.74, 6) is 0. The molecule has 1 aliphatic heterocycles. The van der Waals surface area contributed by atoms with Crippen LogP contribution in [0.2, 0.25) is 0 Å². The molecule has 0 fully saturated rings. The second-order valence-electron chi connectivity index (χ2n) is 4.87. The van der Waals surface area contributed by atoms with E-state index in [4.69, 9.17) is 4.74 Å². The number of hydrogen-bond acceptors (Lipinski definition) is 3. The first kappa shape index (κ1) is 12.1. The summed E-state index contributed by atoms with van der Waals surface area (Å²) in [6, 6.07) is 14.7. The van der Waals surface area contributed by atoms with Crippen LogP contribution in [-0.2, 0) is 11.3 Å². The van der Waals surface area contributed by atoms with Crippen molar-refractivity contribution in [2.75, 3.05) is 17.7 Å². The molecule has 0 aromatic heterocycles. The van der Waals surface area contributed by atoms with Crippen molar-refractivity contribution in [1.82, 2.24) is 0 Å². The first-order valence-corrected chi connectivity index (χ1v) is 6.51. The highest BCUT2D eigenvalue weighted by Crippen LogP contribution is 2.31. The Bertz CT molecular complexity index is 578. The molecule has 3 nitrogen and oxygen atoms in total. The number of anilines is 2. The molecule has 0 saturated heterocycles. The van der Waals surface area contributed by atoms with Crippen molar-refractivity contribution in [2.24, 2.45) is 0 Å². The zero-order valence-corrected chi connectivity index (χ0v) is 11.2. The van der Waals surface area contributed by atoms with E-state index in [1.807, 2.05) is 7.05 Å². The van der Waals surface area contributed by atoms with Crippen LogP contribution in [0.1, 0.15) is 22.9 Å². The van der Waals surface area contributed by atoms with E-state index >= 15 is 0 Å². The second-order valence-corrected chi connectivity index (χ2v) is 4.87. The number of nitrogens with one attached hydrogen (secondary N) is 2. The Morgan fingerprint density at radius 1 is 1.16 bits per heavy atom. The van der Waals surface area contributed by atoms with Gasteiger partial charge < -0.3 is 15.4 Å². The summed E-state index contributed by atoms with van der Waals surface area (Å²) >= 11 is 0. The lowest BCUT2D eigenvalue weighted by Gasteiger charge is -2.28. The van der Waals surface area contributed by atoms with Crippen molar-refractivity contribution >= 4 is 11.4 Å². The minimum atomic E-state index is -0.0684. The fourth-order valence-electron chi connectivity index (χ4n) is 2.34. The zero-order valence-electron chi connectivity index (χ0n) is 11.2. The molecule has 0 bridgehead atoms. The smallest absolute Gasteiger partial charge is 0.154 e. The molecule has 19 heavy (non-hydrogen) atoms. The SMILES string of the molecule is CNc1ccc(C2Nc3ccc(C)cc3CO2)cc1. The summed E-state index contributed by atoms with van der Waals surface area (Å²) in [5, 5.41) is 6.55. The Balaban J connectivity index is 1.82. The molecule has 2 aromatic carbocycles. The number of rotatable bonds is 2. The Labute approximate surface area is 113 Å². The molecule has 3 rings (SSSR count). The van der Waals surface area contributed by atoms with Gasteiger partial charge in [0.25, 0.3) is 0 Å². The molecule has 2 N–H and O–H groups in total. The van der Waals surface area contributed by atoms with Gasteiger partial charge in [-0.15, -0.1) is 0 Å². The van der Waals surface area contributed by atoms with Crippen LogP contribution >= 0.6 is 0 Å². The summed E-state index contributed by atoms with van der Waals surface area (Å²) in [4.78, 5) is 0. The minimum Gasteiger partial charge on any atom is -0.388 e. The van der Waals surface area contributed by atoms with Crippen molar-refractivity contribution in [2.45, 2.75) is 19.8 Å². The van der Waals surface area contributed by atoms with Crippen LogP contribution in [0.15, 0.2) is 42.5 Å². The maximum atomic E-state index is 5.89. The van der Waals surface area contributed by atoms with Crippen LogP contribution in [0.3, 0.4) is 0 Å². The highest BCUT2D eigenvalue weighted by molar-refractivity contribution is 5.55. The third-order valence-corrected chi connectivity index (χ3v) is 3.45. The Hall–Kier alpha value is -2.00. The Morgan fingerprint density at radius 3 is 2.68 bits per heavy atom. The topological polar surface area (TPSA) is 33.3 Å². The van der Waals surface area contributed by atoms with Gasteiger partial charge in [0.2, 0.25) is 0 Å². The van der Waals surface area contributed by atoms with Crippen LogP contribution in [0.4, 0.5) is 11.4 Å². The molecule has 3 heteroatoms. The molecule has 1 aliphatic rings. The van der Waals surface area contributed by atoms with Gasteiger partial charge >= 0.3 is 0 Å². The standard InChI is InChI=1S/C16H18N2O/c1-11-3-8-15-13(9-11)10-19-16(18-15)12-4-6-14(17-2)7-5-12/h3-9,16-18H,10H2,1-2H3. The molecular formula is C16H18N2O. The summed E-state index contributed by atoms with van der Waals surface area (Å²) in [7, 11) is 1.92. The monoisotopic (exact) mass is 254 g/mol. The van der Waals surface area contributed by atoms with E-state index in [1.165, 1.54) is 16.8 Å². The van der Waals surface area contributed by atoms with Gasteiger partial charge in [0.1, 0.15) is 0 Å². The van der Waals surface area contributed by atoms with Crippen LogP contribution in [-0.4, -0.2) is 7.05 Å². The van der Waals surface area contributed by atoms with Crippen LogP contribution in [0.5, 0.6) is 0 Å². The van der Waals surface area contributed by atoms with Gasteiger partial charge in [0.05, 0.1) is 6.61 Å². The van der Waals surface area contributed by atoms with Crippen molar-refractivity contribution in [1.29, 1.82) is 0 Å². The first-order valence-electron chi connectivity index (χ1n) is 6.51. The van der Waals surface area contributed by atoms with Gasteiger partial charge in [-0.05, 0) is 25.1 Å². The highest BCUT2D eigenvalue weighted by atomic mass is 16.5. The molecule has 1 unspecified atom stereocenters. The minimum absolute atomic E-state index is 0.0684. The molecule has 98 valence electrons. The van der Waals surface area contributed by atoms with Crippen molar-refractivity contribution in [3.05, 3.63) is 59.2 Å². The molecule has 0 saturated carbocycles. The van der Waals surface area contributed by atoms with Gasteiger partial charge in [0, 0.05) is 29.5 Å². The molecule has 0 spiro atoms. The lowest BCUT2D eigenvalue weighted by atomic mass is 10.1. The van der Waals surface area contributed by atoms with E-state index in [0.29, 0.717) is 6.61 Å². The highest BCUT2D eigenvalue weighted by Gasteiger charge is 2.19. The normalized spacial score (nSPS) is 17.5. The van der Waals surface area contributed by atoms with Gasteiger partial charge in [-0.1, -0.05) is 29.8 Å². The quantitative estimate of drug-likeness (QED) is 0.857. The number of fused-ring (bicyclic) bond motifs is 1. The van der Waals surface area contributed by atoms with Crippen molar-refractivity contribution < 1.29 is 4.74 Å². The molecule has 0 amide bonds. The van der Waals surface area contributed by atoms with E-state index in [-0.39, 0.29) is 6.23 Å². The summed E-state index contributed by atoms with van der Waals surface area (Å²) < 4.78 is 5.89. The van der Waals surface area contributed by atoms with E-state index in [9.17, 15) is 0 Å². The Morgan fingerprint density at radius 2 is 1.95 bits per heavy atom. The van der Waals surface area contributed by atoms with Crippen molar-refractivity contribution in [3.63, 3.8) is 0 Å². The summed E-state index contributed by atoms with van der Waals surface area (Å²) in [5.41, 5.74) is 5.91. The molecular weight excluding hydrogens is 236 g/mol. The number of aryl methyl sites for hydroxylation is 1. The molecule has 1 atom stereocenters. The van der Waals surface area contributed by atoms with Crippen LogP contribution in [0, 0.1) is 6.92 Å². The zero-order chi connectivity index (χ0) is 13.2. The van der Waals surface area contributed by atoms with Crippen LogP contribution < -0.4 is 10.6 Å². The fraction of sp³-hybridized carbons (Fsp3) is 0.250. The first-order chi connectivity index (χ1) is 9.26. The molecule has 1 heterocycles. The van der Waals surface area contributed by atoms with Gasteiger partial charge in [-0.3, -0.25) is 0 Å². The van der Waals surface area contributed by atoms with Crippen molar-refractivity contribution in [3.8, 4) is 0 Å². The molecule has 0 radical (unpaired) electrons. The average molecular weight is 254 g/mol. The van der Waals surface area contributed by atoms with Gasteiger partial charge in [-0.2, -0.15) is 0 Å². The van der Waals surface area contributed by atoms with Gasteiger partial charge in [-0.25, -0.2) is 0 Å². The van der Waals surface area contributed by atoms with Crippen LogP contribution in [0.25, 0.3) is 0 Å². The third kappa shape index (κ3) is 2.42.